The van der Waals surface area contributed by atoms with E-state index in [4.69, 9.17) is 26.4 Å². The summed E-state index contributed by atoms with van der Waals surface area (Å²) in [6.07, 6.45) is 12.5. The monoisotopic (exact) mass is 916 g/mol. The van der Waals surface area contributed by atoms with Gasteiger partial charge in [-0.05, 0) is 98.4 Å². The number of hydrogen-bond donors (Lipinski definition) is 3. The van der Waals surface area contributed by atoms with E-state index in [2.05, 4.69) is 71.7 Å². The molecule has 5 rings (SSSR count). The fraction of sp³-hybridized carbons (Fsp3) is 0.556. The van der Waals surface area contributed by atoms with Gasteiger partial charge in [0.1, 0.15) is 11.4 Å². The average Bonchev–Trinajstić information content (AvgIpc) is 3.71. The van der Waals surface area contributed by atoms with Gasteiger partial charge in [-0.15, -0.1) is 0 Å². The number of ether oxygens (including phenoxy) is 1. The third-order valence-corrected chi connectivity index (χ3v) is 13.3. The lowest BCUT2D eigenvalue weighted by Gasteiger charge is -2.35. The molecule has 0 saturated carbocycles. The number of methoxy groups -OCH3 is 1. The minimum absolute atomic E-state index is 0.0178. The maximum atomic E-state index is 13.3. The molecule has 0 bridgehead atoms. The van der Waals surface area contributed by atoms with Crippen LogP contribution in [0.3, 0.4) is 0 Å². The molecule has 0 saturated heterocycles. The number of anilines is 1. The summed E-state index contributed by atoms with van der Waals surface area (Å²) in [5.41, 5.74) is 7.47. The van der Waals surface area contributed by atoms with Crippen molar-refractivity contribution in [2.45, 2.75) is 158 Å². The largest absolute Gasteiger partial charge is 0.481 e. The van der Waals surface area contributed by atoms with Crippen molar-refractivity contribution in [2.75, 3.05) is 33.1 Å². The van der Waals surface area contributed by atoms with Crippen molar-refractivity contribution >= 4 is 35.0 Å². The molecule has 10 nitrogen and oxygen atoms in total. The first-order chi connectivity index (χ1) is 31.0. The minimum atomic E-state index is -0.473. The molecule has 3 amide bonds. The lowest BCUT2D eigenvalue weighted by molar-refractivity contribution is -0.129. The zero-order valence-corrected chi connectivity index (χ0v) is 43.1. The summed E-state index contributed by atoms with van der Waals surface area (Å²) in [4.78, 5) is 46.2. The van der Waals surface area contributed by atoms with Gasteiger partial charge in [0.05, 0.1) is 17.8 Å². The summed E-state index contributed by atoms with van der Waals surface area (Å²) < 4.78 is 5.69. The number of carbonyl (C=O) groups excluding carboxylic acids is 3. The molecule has 3 aromatic rings. The molecule has 1 aliphatic heterocycles. The molecule has 1 aliphatic carbocycles. The van der Waals surface area contributed by atoms with Crippen molar-refractivity contribution in [3.8, 4) is 28.3 Å². The van der Waals surface area contributed by atoms with Crippen LogP contribution in [0, 0.1) is 11.8 Å². The average molecular weight is 917 g/mol. The SMILES string of the molecule is C=C1N(C)C=C(C(=O)Nc2cccc(-c3cccc(-c4cc5c(c(OC)n4)C(C)CC5)c3Cl)c2CCC)C(=O)N1C.CC.CCC(C)CCC(CC)(CC)NC(=O)C(C)CC.CCCO. The second-order valence-electron chi connectivity index (χ2n) is 17.2. The van der Waals surface area contributed by atoms with Crippen LogP contribution in [0.1, 0.15) is 157 Å². The number of hydrogen-bond acceptors (Lipinski definition) is 7. The summed E-state index contributed by atoms with van der Waals surface area (Å²) in [5.74, 6) is 1.81. The molecular formula is C54H82ClN5O5. The van der Waals surface area contributed by atoms with E-state index >= 15 is 0 Å². The van der Waals surface area contributed by atoms with Crippen LogP contribution < -0.4 is 15.4 Å². The second-order valence-corrected chi connectivity index (χ2v) is 17.6. The number of rotatable bonds is 17. The minimum Gasteiger partial charge on any atom is -0.481 e. The second kappa shape index (κ2) is 27.7. The lowest BCUT2D eigenvalue weighted by atomic mass is 9.84. The molecule has 3 N–H and O–H groups in total. The lowest BCUT2D eigenvalue weighted by Crippen LogP contribution is -2.49. The number of pyridine rings is 1. The van der Waals surface area contributed by atoms with Crippen LogP contribution in [-0.4, -0.2) is 71.0 Å². The van der Waals surface area contributed by atoms with Crippen LogP contribution in [0.15, 0.2) is 66.6 Å². The van der Waals surface area contributed by atoms with Gasteiger partial charge < -0.3 is 25.4 Å². The van der Waals surface area contributed by atoms with Crippen LogP contribution in [0.4, 0.5) is 5.69 Å². The summed E-state index contributed by atoms with van der Waals surface area (Å²) in [6, 6.07) is 13.8. The Kier molecular flexibility index (Phi) is 24.1. The summed E-state index contributed by atoms with van der Waals surface area (Å²) in [5, 5.41) is 14.8. The van der Waals surface area contributed by atoms with Crippen LogP contribution in [-0.2, 0) is 27.2 Å². The summed E-state index contributed by atoms with van der Waals surface area (Å²) in [6.45, 7) is 27.4. The summed E-state index contributed by atoms with van der Waals surface area (Å²) >= 11 is 7.13. The van der Waals surface area contributed by atoms with Gasteiger partial charge in [0.25, 0.3) is 11.8 Å². The quantitative estimate of drug-likeness (QED) is 0.115. The molecule has 2 aromatic carbocycles. The molecular weight excluding hydrogens is 834 g/mol. The Morgan fingerprint density at radius 2 is 1.60 bits per heavy atom. The summed E-state index contributed by atoms with van der Waals surface area (Å²) in [7, 11) is 5.02. The molecule has 3 unspecified atom stereocenters. The number of nitrogens with zero attached hydrogens (tertiary/aromatic N) is 3. The molecule has 0 spiro atoms. The van der Waals surface area contributed by atoms with Crippen molar-refractivity contribution in [3.05, 3.63) is 88.4 Å². The Morgan fingerprint density at radius 1 is 0.985 bits per heavy atom. The topological polar surface area (TPSA) is 124 Å². The number of nitrogens with one attached hydrogen (secondary N) is 2. The van der Waals surface area contributed by atoms with E-state index in [0.29, 0.717) is 41.4 Å². The van der Waals surface area contributed by atoms with Gasteiger partial charge in [-0.1, -0.05) is 138 Å². The van der Waals surface area contributed by atoms with Gasteiger partial charge in [0.15, 0.2) is 0 Å². The molecule has 2 aliphatic rings. The number of aromatic nitrogens is 1. The van der Waals surface area contributed by atoms with Gasteiger partial charge in [-0.3, -0.25) is 19.3 Å². The Labute approximate surface area is 397 Å². The van der Waals surface area contributed by atoms with E-state index in [0.717, 1.165) is 85.2 Å². The number of benzene rings is 2. The number of halogens is 1. The van der Waals surface area contributed by atoms with Gasteiger partial charge in [0.2, 0.25) is 11.8 Å². The van der Waals surface area contributed by atoms with Crippen LogP contribution >= 0.6 is 11.6 Å². The predicted octanol–water partition coefficient (Wildman–Crippen LogP) is 12.7. The number of amides is 3. The van der Waals surface area contributed by atoms with Crippen molar-refractivity contribution in [3.63, 3.8) is 0 Å². The number of aliphatic hydroxyl groups is 1. The molecule has 0 fully saturated rings. The number of fused-ring (bicyclic) bond motifs is 1. The smallest absolute Gasteiger partial charge is 0.266 e. The predicted molar refractivity (Wildman–Crippen MR) is 272 cm³/mol. The Morgan fingerprint density at radius 3 is 2.17 bits per heavy atom. The van der Waals surface area contributed by atoms with Crippen molar-refractivity contribution < 1.29 is 24.2 Å². The fourth-order valence-electron chi connectivity index (χ4n) is 7.88. The number of aliphatic hydroxyl groups excluding tert-OH is 1. The van der Waals surface area contributed by atoms with Crippen LogP contribution in [0.2, 0.25) is 5.02 Å². The molecule has 0 radical (unpaired) electrons. The van der Waals surface area contributed by atoms with E-state index < -0.39 is 11.8 Å². The molecule has 360 valence electrons. The molecule has 1 aromatic heterocycles. The number of aryl methyl sites for hydroxylation is 1. The molecule has 11 heteroatoms. The normalized spacial score (nSPS) is 15.2. The first-order valence-electron chi connectivity index (χ1n) is 24.2. The van der Waals surface area contributed by atoms with Gasteiger partial charge in [-0.25, -0.2) is 4.98 Å². The maximum Gasteiger partial charge on any atom is 0.266 e. The Hall–Kier alpha value is -4.67. The van der Waals surface area contributed by atoms with E-state index in [9.17, 15) is 14.4 Å². The highest BCUT2D eigenvalue weighted by Crippen LogP contribution is 2.44. The van der Waals surface area contributed by atoms with E-state index in [-0.39, 0.29) is 22.9 Å². The fourth-order valence-corrected chi connectivity index (χ4v) is 8.21. The van der Waals surface area contributed by atoms with Gasteiger partial charge in [0, 0.05) is 60.7 Å². The number of carbonyl (C=O) groups is 3. The zero-order chi connectivity index (χ0) is 49.0. The highest BCUT2D eigenvalue weighted by Gasteiger charge is 2.31. The molecule has 2 heterocycles. The van der Waals surface area contributed by atoms with Crippen LogP contribution in [0.5, 0.6) is 5.88 Å². The maximum absolute atomic E-state index is 13.3. The highest BCUT2D eigenvalue weighted by molar-refractivity contribution is 6.36. The van der Waals surface area contributed by atoms with Crippen molar-refractivity contribution in [1.29, 1.82) is 0 Å². The molecule has 65 heavy (non-hydrogen) atoms. The first-order valence-corrected chi connectivity index (χ1v) is 24.5. The third-order valence-electron chi connectivity index (χ3n) is 12.9. The van der Waals surface area contributed by atoms with E-state index in [1.54, 1.807) is 26.1 Å². The molecule has 3 atom stereocenters. The first kappa shape index (κ1) is 56.5. The zero-order valence-electron chi connectivity index (χ0n) is 42.3. The van der Waals surface area contributed by atoms with Crippen LogP contribution in [0.25, 0.3) is 22.4 Å². The highest BCUT2D eigenvalue weighted by atomic mass is 35.5. The van der Waals surface area contributed by atoms with E-state index in [1.165, 1.54) is 35.1 Å². The standard InChI is InChI=1S/C33H35ClN4O3.C16H33NO.C3H8O.C2H6/c1-7-10-23-22(11-9-14-27(23)35-31(39)26-18-37(4)20(3)38(5)33(26)40)24-12-8-13-25(30(24)34)28-17-21-16-15-19(2)29(21)32(36-28)41-6;1-7-13(5)11-12-16(9-3,10-4)17-15(18)14(6)8-2;1-2-3-4;1-2/h8-9,11-14,17-19H,3,7,10,15-16H2,1-2,4-6H3,(H,35,39);13-14H,7-12H2,1-6H3,(H,17,18);4H,2-3H2,1H3;1-2H3. The Bertz CT molecular complexity index is 2060. The van der Waals surface area contributed by atoms with Gasteiger partial charge >= 0.3 is 0 Å². The van der Waals surface area contributed by atoms with Gasteiger partial charge in [-0.2, -0.15) is 0 Å². The third kappa shape index (κ3) is 14.7. The van der Waals surface area contributed by atoms with Crippen molar-refractivity contribution in [1.82, 2.24) is 20.1 Å². The van der Waals surface area contributed by atoms with Crippen molar-refractivity contribution in [2.24, 2.45) is 11.8 Å². The Balaban J connectivity index is 0.000000506. The van der Waals surface area contributed by atoms with E-state index in [1.807, 2.05) is 64.1 Å². The number of likely N-dealkylation sites (N-methyl/N-ethyl adjacent to an activating group) is 1.